The summed E-state index contributed by atoms with van der Waals surface area (Å²) in [4.78, 5) is 8.59. The number of hydrogen-bond acceptors (Lipinski definition) is 2. The Balaban J connectivity index is 2.12. The van der Waals surface area contributed by atoms with Crippen LogP contribution < -0.4 is 0 Å². The summed E-state index contributed by atoms with van der Waals surface area (Å²) in [5.74, 6) is 1.84. The molecule has 0 N–H and O–H groups in total. The van der Waals surface area contributed by atoms with Crippen molar-refractivity contribution in [1.82, 2.24) is 0 Å². The number of rotatable bonds is 1. The third-order valence-electron chi connectivity index (χ3n) is 1.55. The summed E-state index contributed by atoms with van der Waals surface area (Å²) < 4.78 is 1.15. The molecule has 0 aromatic carbocycles. The highest BCUT2D eigenvalue weighted by Gasteiger charge is 2.29. The van der Waals surface area contributed by atoms with Gasteiger partial charge < -0.3 is 0 Å². The first kappa shape index (κ1) is 5.82. The molecular formula is C6H7IN2. The molecule has 0 saturated heterocycles. The molecule has 48 valence electrons. The summed E-state index contributed by atoms with van der Waals surface area (Å²) in [7, 11) is 0. The first-order valence-corrected chi connectivity index (χ1v) is 4.21. The van der Waals surface area contributed by atoms with Gasteiger partial charge in [-0.05, 0) is 35.4 Å². The van der Waals surface area contributed by atoms with Gasteiger partial charge in [0.1, 0.15) is 9.55 Å². The van der Waals surface area contributed by atoms with Crippen LogP contribution in [0.4, 0.5) is 0 Å². The van der Waals surface area contributed by atoms with Gasteiger partial charge in [0.05, 0.1) is 6.54 Å². The summed E-state index contributed by atoms with van der Waals surface area (Å²) in [6.07, 6.45) is 2.62. The van der Waals surface area contributed by atoms with Crippen molar-refractivity contribution in [3.05, 3.63) is 0 Å². The number of halogens is 1. The Morgan fingerprint density at radius 3 is 2.67 bits per heavy atom. The number of amidine groups is 1. The highest BCUT2D eigenvalue weighted by molar-refractivity contribution is 14.1. The van der Waals surface area contributed by atoms with Gasteiger partial charge in [0, 0.05) is 5.92 Å². The molecule has 0 unspecified atom stereocenters. The molecule has 0 atom stereocenters. The molecule has 0 radical (unpaired) electrons. The minimum absolute atomic E-state index is 0.734. The van der Waals surface area contributed by atoms with Gasteiger partial charge in [-0.2, -0.15) is 0 Å². The normalized spacial score (nSPS) is 25.9. The van der Waals surface area contributed by atoms with Crippen molar-refractivity contribution >= 4 is 32.1 Å². The lowest BCUT2D eigenvalue weighted by atomic mass is 10.4. The molecule has 0 spiro atoms. The summed E-state index contributed by atoms with van der Waals surface area (Å²) in [5, 5.41) is 0. The molecule has 0 amide bonds. The van der Waals surface area contributed by atoms with Gasteiger partial charge in [-0.15, -0.1) is 0 Å². The van der Waals surface area contributed by atoms with Crippen LogP contribution in [0.2, 0.25) is 0 Å². The average molecular weight is 234 g/mol. The summed E-state index contributed by atoms with van der Waals surface area (Å²) in [5.41, 5.74) is 0. The van der Waals surface area contributed by atoms with E-state index in [0.29, 0.717) is 0 Å². The van der Waals surface area contributed by atoms with Gasteiger partial charge in [0.15, 0.2) is 0 Å². The molecule has 1 aliphatic heterocycles. The minimum atomic E-state index is 0.734. The van der Waals surface area contributed by atoms with Crippen molar-refractivity contribution in [2.75, 3.05) is 6.54 Å². The van der Waals surface area contributed by atoms with Crippen LogP contribution in [0.25, 0.3) is 0 Å². The standard InChI is InChI=1S/C6H7IN2/c7-5-3-8-6(9-5)4-1-2-4/h4H,1-3H2. The summed E-state index contributed by atoms with van der Waals surface area (Å²) in [6, 6.07) is 0. The molecule has 0 aromatic rings. The van der Waals surface area contributed by atoms with Crippen molar-refractivity contribution in [3.63, 3.8) is 0 Å². The zero-order valence-electron chi connectivity index (χ0n) is 4.97. The van der Waals surface area contributed by atoms with E-state index in [-0.39, 0.29) is 0 Å². The molecule has 9 heavy (non-hydrogen) atoms. The third kappa shape index (κ3) is 1.15. The highest BCUT2D eigenvalue weighted by atomic mass is 127. The minimum Gasteiger partial charge on any atom is -0.263 e. The van der Waals surface area contributed by atoms with E-state index in [1.54, 1.807) is 0 Å². The quantitative estimate of drug-likeness (QED) is 0.616. The van der Waals surface area contributed by atoms with Crippen LogP contribution in [0.5, 0.6) is 0 Å². The molecular weight excluding hydrogens is 227 g/mol. The summed E-state index contributed by atoms with van der Waals surface area (Å²) >= 11 is 2.24. The van der Waals surface area contributed by atoms with Crippen molar-refractivity contribution in [2.45, 2.75) is 12.8 Å². The van der Waals surface area contributed by atoms with E-state index in [4.69, 9.17) is 0 Å². The Morgan fingerprint density at radius 2 is 2.22 bits per heavy atom. The van der Waals surface area contributed by atoms with Gasteiger partial charge in [-0.3, -0.25) is 4.99 Å². The maximum atomic E-state index is 4.30. The Labute approximate surface area is 67.6 Å². The molecule has 0 bridgehead atoms. The van der Waals surface area contributed by atoms with Gasteiger partial charge in [-0.1, -0.05) is 0 Å². The van der Waals surface area contributed by atoms with Crippen molar-refractivity contribution in [1.29, 1.82) is 0 Å². The Hall–Kier alpha value is 0.0700. The molecule has 1 aliphatic carbocycles. The number of aliphatic imine (C=N–C) groups is 2. The van der Waals surface area contributed by atoms with E-state index in [1.807, 2.05) is 0 Å². The predicted molar refractivity (Wildman–Crippen MR) is 46.5 cm³/mol. The maximum Gasteiger partial charge on any atom is 0.127 e. The monoisotopic (exact) mass is 234 g/mol. The largest absolute Gasteiger partial charge is 0.263 e. The number of hydrogen-bond donors (Lipinski definition) is 0. The smallest absolute Gasteiger partial charge is 0.127 e. The van der Waals surface area contributed by atoms with Crippen LogP contribution in [-0.4, -0.2) is 16.1 Å². The van der Waals surface area contributed by atoms with Crippen LogP contribution in [0, 0.1) is 5.92 Å². The lowest BCUT2D eigenvalue weighted by Gasteiger charge is -1.85. The molecule has 1 fully saturated rings. The zero-order valence-corrected chi connectivity index (χ0v) is 7.13. The predicted octanol–water partition coefficient (Wildman–Crippen LogP) is 1.64. The van der Waals surface area contributed by atoms with Crippen molar-refractivity contribution in [3.8, 4) is 0 Å². The maximum absolute atomic E-state index is 4.30. The lowest BCUT2D eigenvalue weighted by Crippen LogP contribution is -1.91. The van der Waals surface area contributed by atoms with E-state index < -0.39 is 0 Å². The topological polar surface area (TPSA) is 24.7 Å². The highest BCUT2D eigenvalue weighted by Crippen LogP contribution is 2.32. The van der Waals surface area contributed by atoms with Crippen LogP contribution >= 0.6 is 22.6 Å². The number of nitrogens with zero attached hydrogens (tertiary/aromatic N) is 2. The second-order valence-corrected chi connectivity index (χ2v) is 3.68. The van der Waals surface area contributed by atoms with E-state index in [0.717, 1.165) is 22.0 Å². The SMILES string of the molecule is IC1=NC(C2CC2)=NC1. The molecule has 0 aromatic heterocycles. The first-order chi connectivity index (χ1) is 4.36. The third-order valence-corrected chi connectivity index (χ3v) is 2.13. The van der Waals surface area contributed by atoms with Crippen LogP contribution in [0.3, 0.4) is 0 Å². The Morgan fingerprint density at radius 1 is 1.44 bits per heavy atom. The Kier molecular flexibility index (Phi) is 1.32. The van der Waals surface area contributed by atoms with E-state index in [2.05, 4.69) is 32.6 Å². The van der Waals surface area contributed by atoms with Crippen molar-refractivity contribution < 1.29 is 0 Å². The van der Waals surface area contributed by atoms with E-state index in [9.17, 15) is 0 Å². The van der Waals surface area contributed by atoms with E-state index >= 15 is 0 Å². The molecule has 2 nitrogen and oxygen atoms in total. The average Bonchev–Trinajstić information content (AvgIpc) is 2.58. The first-order valence-electron chi connectivity index (χ1n) is 3.13. The fourth-order valence-corrected chi connectivity index (χ4v) is 1.32. The van der Waals surface area contributed by atoms with Crippen LogP contribution in [0.15, 0.2) is 9.98 Å². The van der Waals surface area contributed by atoms with Crippen LogP contribution in [-0.2, 0) is 0 Å². The Bertz CT molecular complexity index is 191. The second-order valence-electron chi connectivity index (χ2n) is 2.44. The van der Waals surface area contributed by atoms with Crippen LogP contribution in [0.1, 0.15) is 12.8 Å². The van der Waals surface area contributed by atoms with Gasteiger partial charge in [0.25, 0.3) is 0 Å². The van der Waals surface area contributed by atoms with Gasteiger partial charge in [0.2, 0.25) is 0 Å². The summed E-state index contributed by atoms with van der Waals surface area (Å²) in [6.45, 7) is 0.840. The van der Waals surface area contributed by atoms with Gasteiger partial charge >= 0.3 is 0 Å². The van der Waals surface area contributed by atoms with E-state index in [1.165, 1.54) is 12.8 Å². The molecule has 1 heterocycles. The molecule has 3 heteroatoms. The van der Waals surface area contributed by atoms with Crippen molar-refractivity contribution in [2.24, 2.45) is 15.9 Å². The zero-order chi connectivity index (χ0) is 6.27. The van der Waals surface area contributed by atoms with Gasteiger partial charge in [-0.25, -0.2) is 4.99 Å². The second kappa shape index (κ2) is 2.04. The lowest BCUT2D eigenvalue weighted by molar-refractivity contribution is 1.15. The molecule has 2 aliphatic rings. The molecule has 1 saturated carbocycles. The molecule has 2 rings (SSSR count). The fraction of sp³-hybridized carbons (Fsp3) is 0.667. The fourth-order valence-electron chi connectivity index (χ4n) is 0.903.